The van der Waals surface area contributed by atoms with Crippen LogP contribution in [-0.4, -0.2) is 26.5 Å². The first-order valence-electron chi connectivity index (χ1n) is 9.01. The first-order valence-corrected chi connectivity index (χ1v) is 10.9. The van der Waals surface area contributed by atoms with Gasteiger partial charge in [-0.3, -0.25) is 0 Å². The summed E-state index contributed by atoms with van der Waals surface area (Å²) in [4.78, 5) is 4.45. The van der Waals surface area contributed by atoms with Gasteiger partial charge in [0.2, 0.25) is 10.0 Å². The van der Waals surface area contributed by atoms with Crippen LogP contribution in [-0.2, 0) is 22.9 Å². The molecule has 0 unspecified atom stereocenters. The molecule has 0 atom stereocenters. The maximum atomic E-state index is 12.3. The number of nitrogens with one attached hydrogen (secondary N) is 2. The molecule has 0 radical (unpaired) electrons. The molecular weight excluding hydrogens is 394 g/mol. The Morgan fingerprint density at radius 3 is 2.07 bits per heavy atom. The smallest absolute Gasteiger partial charge is 0.240 e. The number of nitrogens with zero attached hydrogens (tertiary/aromatic N) is 1. The second kappa shape index (κ2) is 9.68. The number of hydrogen-bond acceptors (Lipinski definition) is 4. The maximum Gasteiger partial charge on any atom is 0.240 e. The largest absolute Gasteiger partial charge is 0.370 e. The van der Waals surface area contributed by atoms with Crippen molar-refractivity contribution in [3.8, 4) is 0 Å². The quantitative estimate of drug-likeness (QED) is 0.555. The number of anilines is 1. The van der Waals surface area contributed by atoms with Crippen molar-refractivity contribution in [1.29, 1.82) is 0 Å². The predicted octanol–water partition coefficient (Wildman–Crippen LogP) is 3.91. The molecule has 5 nitrogen and oxygen atoms in total. The zero-order chi connectivity index (χ0) is 19.8. The molecule has 2 N–H and O–H groups in total. The molecule has 2 aromatic carbocycles. The minimum atomic E-state index is -3.52. The summed E-state index contributed by atoms with van der Waals surface area (Å²) in [6.45, 7) is 1.14. The summed E-state index contributed by atoms with van der Waals surface area (Å²) >= 11 is 5.80. The lowest BCUT2D eigenvalue weighted by molar-refractivity contribution is 0.581. The van der Waals surface area contributed by atoms with Crippen molar-refractivity contribution in [2.45, 2.75) is 17.7 Å². The molecule has 3 aromatic rings. The van der Waals surface area contributed by atoms with Gasteiger partial charge in [0.1, 0.15) is 5.82 Å². The molecule has 0 aliphatic carbocycles. The van der Waals surface area contributed by atoms with Crippen LogP contribution in [0, 0.1) is 0 Å². The molecule has 146 valence electrons. The molecular formula is C21H22ClN3O2S. The standard InChI is InChI=1S/C21H22ClN3O2S/c22-19-8-10-20(11-9-19)28(26,27)25-16-13-18-6-4-17(5-7-18)12-15-24-21-3-1-2-14-23-21/h1-11,14,25H,12-13,15-16H2,(H,23,24). The highest BCUT2D eigenvalue weighted by Gasteiger charge is 2.12. The summed E-state index contributed by atoms with van der Waals surface area (Å²) in [5, 5.41) is 3.79. The number of sulfonamides is 1. The summed E-state index contributed by atoms with van der Waals surface area (Å²) in [5.41, 5.74) is 2.30. The highest BCUT2D eigenvalue weighted by molar-refractivity contribution is 7.89. The van der Waals surface area contributed by atoms with E-state index in [2.05, 4.69) is 27.2 Å². The van der Waals surface area contributed by atoms with Crippen LogP contribution in [0.5, 0.6) is 0 Å². The topological polar surface area (TPSA) is 71.1 Å². The monoisotopic (exact) mass is 415 g/mol. The Morgan fingerprint density at radius 2 is 1.46 bits per heavy atom. The van der Waals surface area contributed by atoms with Crippen LogP contribution in [0.1, 0.15) is 11.1 Å². The van der Waals surface area contributed by atoms with Crippen LogP contribution in [0.25, 0.3) is 0 Å². The number of rotatable bonds is 9. The molecule has 1 aromatic heterocycles. The summed E-state index contributed by atoms with van der Waals surface area (Å²) in [6, 6.07) is 20.1. The lowest BCUT2D eigenvalue weighted by atomic mass is 10.1. The minimum Gasteiger partial charge on any atom is -0.370 e. The molecule has 7 heteroatoms. The summed E-state index contributed by atoms with van der Waals surface area (Å²) < 4.78 is 27.1. The lowest BCUT2D eigenvalue weighted by Crippen LogP contribution is -2.25. The molecule has 3 rings (SSSR count). The molecule has 0 fully saturated rings. The van der Waals surface area contributed by atoms with E-state index in [1.165, 1.54) is 17.7 Å². The number of aromatic nitrogens is 1. The van der Waals surface area contributed by atoms with E-state index in [0.29, 0.717) is 18.0 Å². The number of pyridine rings is 1. The van der Waals surface area contributed by atoms with Crippen LogP contribution in [0.3, 0.4) is 0 Å². The van der Waals surface area contributed by atoms with Gasteiger partial charge in [-0.2, -0.15) is 0 Å². The highest BCUT2D eigenvalue weighted by atomic mass is 35.5. The van der Waals surface area contributed by atoms with Crippen LogP contribution in [0.4, 0.5) is 5.82 Å². The van der Waals surface area contributed by atoms with E-state index >= 15 is 0 Å². The van der Waals surface area contributed by atoms with Gasteiger partial charge < -0.3 is 5.32 Å². The van der Waals surface area contributed by atoms with Gasteiger partial charge in [0.05, 0.1) is 4.90 Å². The van der Waals surface area contributed by atoms with Crippen molar-refractivity contribution in [2.24, 2.45) is 0 Å². The third kappa shape index (κ3) is 6.05. The Hall–Kier alpha value is -2.41. The second-order valence-electron chi connectivity index (χ2n) is 6.31. The molecule has 1 heterocycles. The van der Waals surface area contributed by atoms with E-state index in [-0.39, 0.29) is 4.90 Å². The van der Waals surface area contributed by atoms with Crippen molar-refractivity contribution >= 4 is 27.4 Å². The molecule has 0 bridgehead atoms. The molecule has 0 amide bonds. The highest BCUT2D eigenvalue weighted by Crippen LogP contribution is 2.14. The van der Waals surface area contributed by atoms with Gasteiger partial charge >= 0.3 is 0 Å². The van der Waals surface area contributed by atoms with Gasteiger partial charge in [0.25, 0.3) is 0 Å². The van der Waals surface area contributed by atoms with Gasteiger partial charge in [-0.25, -0.2) is 18.1 Å². The van der Waals surface area contributed by atoms with E-state index in [9.17, 15) is 8.42 Å². The van der Waals surface area contributed by atoms with Crippen molar-refractivity contribution in [3.63, 3.8) is 0 Å². The fourth-order valence-corrected chi connectivity index (χ4v) is 3.86. The average molecular weight is 416 g/mol. The number of benzene rings is 2. The first-order chi connectivity index (χ1) is 13.5. The lowest BCUT2D eigenvalue weighted by Gasteiger charge is -2.08. The van der Waals surface area contributed by atoms with E-state index in [0.717, 1.165) is 24.3 Å². The molecule has 28 heavy (non-hydrogen) atoms. The fraction of sp³-hybridized carbons (Fsp3) is 0.190. The Bertz CT molecular complexity index is 976. The van der Waals surface area contributed by atoms with Crippen LogP contribution in [0.2, 0.25) is 5.02 Å². The van der Waals surface area contributed by atoms with Gasteiger partial charge in [-0.05, 0) is 60.4 Å². The summed E-state index contributed by atoms with van der Waals surface area (Å²) in [6.07, 6.45) is 3.28. The summed E-state index contributed by atoms with van der Waals surface area (Å²) in [5.74, 6) is 0.868. The van der Waals surface area contributed by atoms with E-state index < -0.39 is 10.0 Å². The Balaban J connectivity index is 1.44. The van der Waals surface area contributed by atoms with Crippen molar-refractivity contribution < 1.29 is 8.42 Å². The van der Waals surface area contributed by atoms with Crippen LogP contribution in [0.15, 0.2) is 77.8 Å². The van der Waals surface area contributed by atoms with Gasteiger partial charge in [-0.1, -0.05) is 41.9 Å². The molecule has 0 saturated heterocycles. The molecule has 0 saturated carbocycles. The van der Waals surface area contributed by atoms with Crippen molar-refractivity contribution in [3.05, 3.63) is 89.1 Å². The third-order valence-corrected chi connectivity index (χ3v) is 5.97. The van der Waals surface area contributed by atoms with Crippen LogP contribution >= 0.6 is 11.6 Å². The molecule has 0 spiro atoms. The van der Waals surface area contributed by atoms with Gasteiger partial charge in [0.15, 0.2) is 0 Å². The fourth-order valence-electron chi connectivity index (χ4n) is 2.70. The van der Waals surface area contributed by atoms with E-state index in [4.69, 9.17) is 11.6 Å². The third-order valence-electron chi connectivity index (χ3n) is 4.24. The zero-order valence-corrected chi connectivity index (χ0v) is 16.9. The van der Waals surface area contributed by atoms with Crippen LogP contribution < -0.4 is 10.0 Å². The summed E-state index contributed by atoms with van der Waals surface area (Å²) in [7, 11) is -3.52. The Labute approximate surface area is 170 Å². The Morgan fingerprint density at radius 1 is 0.821 bits per heavy atom. The second-order valence-corrected chi connectivity index (χ2v) is 8.51. The number of halogens is 1. The SMILES string of the molecule is O=S(=O)(NCCc1ccc(CCNc2ccccn2)cc1)c1ccc(Cl)cc1. The van der Waals surface area contributed by atoms with E-state index in [1.54, 1.807) is 18.3 Å². The molecule has 0 aliphatic heterocycles. The normalized spacial score (nSPS) is 11.3. The first kappa shape index (κ1) is 20.3. The van der Waals surface area contributed by atoms with E-state index in [1.807, 2.05) is 30.3 Å². The minimum absolute atomic E-state index is 0.215. The maximum absolute atomic E-state index is 12.3. The van der Waals surface area contributed by atoms with Gasteiger partial charge in [0, 0.05) is 24.3 Å². The molecule has 0 aliphatic rings. The predicted molar refractivity (Wildman–Crippen MR) is 113 cm³/mol. The van der Waals surface area contributed by atoms with Gasteiger partial charge in [-0.15, -0.1) is 0 Å². The van der Waals surface area contributed by atoms with Crippen molar-refractivity contribution in [1.82, 2.24) is 9.71 Å². The number of hydrogen-bond donors (Lipinski definition) is 2. The average Bonchev–Trinajstić information content (AvgIpc) is 2.70. The Kier molecular flexibility index (Phi) is 7.03. The van der Waals surface area contributed by atoms with Crippen molar-refractivity contribution in [2.75, 3.05) is 18.4 Å². The zero-order valence-electron chi connectivity index (χ0n) is 15.3.